The molecule has 1 heterocycles. The van der Waals surface area contributed by atoms with Crippen molar-refractivity contribution < 1.29 is 0 Å². The molecule has 0 spiro atoms. The first kappa shape index (κ1) is 14.7. The molecular formula is C14H26N4. The molecule has 0 atom stereocenters. The van der Waals surface area contributed by atoms with Crippen molar-refractivity contribution in [3.05, 3.63) is 11.9 Å². The number of aryl methyl sites for hydroxylation is 1. The third kappa shape index (κ3) is 5.34. The molecule has 4 nitrogen and oxygen atoms in total. The number of aromatic nitrogens is 2. The van der Waals surface area contributed by atoms with E-state index >= 15 is 0 Å². The molecule has 0 bridgehead atoms. The van der Waals surface area contributed by atoms with Crippen LogP contribution in [-0.2, 0) is 6.42 Å². The maximum atomic E-state index is 4.54. The molecule has 0 amide bonds. The number of hydrogen-bond donors (Lipinski definition) is 2. The molecule has 102 valence electrons. The summed E-state index contributed by atoms with van der Waals surface area (Å²) in [5, 5.41) is 6.64. The van der Waals surface area contributed by atoms with Crippen molar-refractivity contribution >= 4 is 11.6 Å². The molecule has 0 saturated heterocycles. The Kier molecular flexibility index (Phi) is 6.47. The van der Waals surface area contributed by atoms with Crippen molar-refractivity contribution in [3.8, 4) is 0 Å². The Morgan fingerprint density at radius 3 is 2.33 bits per heavy atom. The van der Waals surface area contributed by atoms with Gasteiger partial charge in [-0.05, 0) is 25.7 Å². The molecule has 0 radical (unpaired) electrons. The average Bonchev–Trinajstić information content (AvgIpc) is 2.29. The summed E-state index contributed by atoms with van der Waals surface area (Å²) in [6.45, 7) is 10.5. The highest BCUT2D eigenvalue weighted by Gasteiger charge is 2.03. The van der Waals surface area contributed by atoms with E-state index in [1.54, 1.807) is 0 Å². The smallest absolute Gasteiger partial charge is 0.133 e. The predicted octanol–water partition coefficient (Wildman–Crippen LogP) is 3.32. The Balaban J connectivity index is 2.69. The molecule has 0 saturated carbocycles. The van der Waals surface area contributed by atoms with Crippen LogP contribution in [0.1, 0.15) is 46.4 Å². The van der Waals surface area contributed by atoms with Gasteiger partial charge in [-0.3, -0.25) is 0 Å². The third-order valence-electron chi connectivity index (χ3n) is 2.63. The quantitative estimate of drug-likeness (QED) is 0.743. The second-order valence-electron chi connectivity index (χ2n) is 4.94. The lowest BCUT2D eigenvalue weighted by atomic mass is 10.1. The topological polar surface area (TPSA) is 49.8 Å². The van der Waals surface area contributed by atoms with Gasteiger partial charge < -0.3 is 10.6 Å². The molecule has 1 aromatic heterocycles. The zero-order valence-corrected chi connectivity index (χ0v) is 12.1. The summed E-state index contributed by atoms with van der Waals surface area (Å²) in [7, 11) is 0. The lowest BCUT2D eigenvalue weighted by Gasteiger charge is -2.11. The first-order chi connectivity index (χ1) is 8.65. The van der Waals surface area contributed by atoms with Crippen molar-refractivity contribution in [3.63, 3.8) is 0 Å². The van der Waals surface area contributed by atoms with E-state index in [1.165, 1.54) is 0 Å². The summed E-state index contributed by atoms with van der Waals surface area (Å²) in [6.07, 6.45) is 3.16. The van der Waals surface area contributed by atoms with Gasteiger partial charge in [0.25, 0.3) is 0 Å². The summed E-state index contributed by atoms with van der Waals surface area (Å²) in [5.41, 5.74) is 0. The largest absolute Gasteiger partial charge is 0.370 e. The Bertz CT molecular complexity index is 325. The normalized spacial score (nSPS) is 10.7. The van der Waals surface area contributed by atoms with E-state index in [4.69, 9.17) is 0 Å². The third-order valence-corrected chi connectivity index (χ3v) is 2.63. The van der Waals surface area contributed by atoms with Crippen LogP contribution in [0.3, 0.4) is 0 Å². The van der Waals surface area contributed by atoms with Crippen molar-refractivity contribution in [2.75, 3.05) is 23.7 Å². The molecule has 0 aromatic carbocycles. The number of hydrogen-bond acceptors (Lipinski definition) is 4. The van der Waals surface area contributed by atoms with Gasteiger partial charge in [0.15, 0.2) is 0 Å². The van der Waals surface area contributed by atoms with Crippen molar-refractivity contribution in [1.82, 2.24) is 9.97 Å². The number of nitrogens with zero attached hydrogens (tertiary/aromatic N) is 2. The molecule has 2 N–H and O–H groups in total. The molecule has 0 aliphatic carbocycles. The number of rotatable bonds is 8. The maximum Gasteiger partial charge on any atom is 0.133 e. The fourth-order valence-corrected chi connectivity index (χ4v) is 1.68. The van der Waals surface area contributed by atoms with Crippen LogP contribution in [0.15, 0.2) is 6.07 Å². The van der Waals surface area contributed by atoms with Crippen molar-refractivity contribution in [1.29, 1.82) is 0 Å². The van der Waals surface area contributed by atoms with Crippen LogP contribution >= 0.6 is 0 Å². The summed E-state index contributed by atoms with van der Waals surface area (Å²) in [6, 6.07) is 1.99. The van der Waals surface area contributed by atoms with E-state index in [2.05, 4.69) is 48.3 Å². The van der Waals surface area contributed by atoms with Gasteiger partial charge in [0, 0.05) is 25.6 Å². The minimum absolute atomic E-state index is 0.711. The molecule has 0 aliphatic rings. The number of anilines is 2. The van der Waals surface area contributed by atoms with Crippen LogP contribution in [0, 0.1) is 5.92 Å². The van der Waals surface area contributed by atoms with Crippen LogP contribution in [-0.4, -0.2) is 23.1 Å². The Morgan fingerprint density at radius 1 is 1.11 bits per heavy atom. The van der Waals surface area contributed by atoms with Crippen molar-refractivity contribution in [2.45, 2.75) is 47.0 Å². The van der Waals surface area contributed by atoms with E-state index in [0.717, 1.165) is 49.8 Å². The highest BCUT2D eigenvalue weighted by molar-refractivity contribution is 5.47. The Labute approximate surface area is 111 Å². The minimum Gasteiger partial charge on any atom is -0.370 e. The fraction of sp³-hybridized carbons (Fsp3) is 0.714. The highest BCUT2D eigenvalue weighted by atomic mass is 15.1. The zero-order valence-electron chi connectivity index (χ0n) is 12.1. The first-order valence-electron chi connectivity index (χ1n) is 7.01. The summed E-state index contributed by atoms with van der Waals surface area (Å²) < 4.78 is 0. The molecular weight excluding hydrogens is 224 g/mol. The minimum atomic E-state index is 0.711. The van der Waals surface area contributed by atoms with Crippen molar-refractivity contribution in [2.24, 2.45) is 5.92 Å². The lowest BCUT2D eigenvalue weighted by Crippen LogP contribution is -2.10. The molecule has 4 heteroatoms. The van der Waals surface area contributed by atoms with Gasteiger partial charge >= 0.3 is 0 Å². The molecule has 0 aliphatic heterocycles. The monoisotopic (exact) mass is 250 g/mol. The van der Waals surface area contributed by atoms with Crippen LogP contribution in [0.5, 0.6) is 0 Å². The fourth-order valence-electron chi connectivity index (χ4n) is 1.68. The van der Waals surface area contributed by atoms with Gasteiger partial charge in [0.1, 0.15) is 17.5 Å². The van der Waals surface area contributed by atoms with Gasteiger partial charge in [-0.15, -0.1) is 0 Å². The molecule has 18 heavy (non-hydrogen) atoms. The van der Waals surface area contributed by atoms with E-state index in [1.807, 2.05) is 6.07 Å². The predicted molar refractivity (Wildman–Crippen MR) is 78.1 cm³/mol. The molecule has 1 aromatic rings. The van der Waals surface area contributed by atoms with E-state index in [-0.39, 0.29) is 0 Å². The standard InChI is InChI=1S/C14H26N4/c1-5-7-12-17-13(15-6-2)10-14(18-12)16-9-8-11(3)4/h10-11H,5-9H2,1-4H3,(H2,15,16,17,18). The second-order valence-corrected chi connectivity index (χ2v) is 4.94. The van der Waals surface area contributed by atoms with Crippen LogP contribution in [0.25, 0.3) is 0 Å². The van der Waals surface area contributed by atoms with Gasteiger partial charge in [0.2, 0.25) is 0 Å². The Hall–Kier alpha value is -1.32. The summed E-state index contributed by atoms with van der Waals surface area (Å²) in [4.78, 5) is 9.03. The van der Waals surface area contributed by atoms with Crippen LogP contribution in [0.2, 0.25) is 0 Å². The van der Waals surface area contributed by atoms with Crippen LogP contribution < -0.4 is 10.6 Å². The molecule has 0 fully saturated rings. The summed E-state index contributed by atoms with van der Waals surface area (Å²) >= 11 is 0. The maximum absolute atomic E-state index is 4.54. The van der Waals surface area contributed by atoms with Gasteiger partial charge in [-0.25, -0.2) is 9.97 Å². The molecule has 0 unspecified atom stereocenters. The van der Waals surface area contributed by atoms with Gasteiger partial charge in [-0.2, -0.15) is 0 Å². The number of nitrogens with one attached hydrogen (secondary N) is 2. The van der Waals surface area contributed by atoms with Crippen LogP contribution in [0.4, 0.5) is 11.6 Å². The Morgan fingerprint density at radius 2 is 1.78 bits per heavy atom. The zero-order chi connectivity index (χ0) is 13.4. The molecule has 1 rings (SSSR count). The average molecular weight is 250 g/mol. The van der Waals surface area contributed by atoms with E-state index in [9.17, 15) is 0 Å². The van der Waals surface area contributed by atoms with E-state index < -0.39 is 0 Å². The lowest BCUT2D eigenvalue weighted by molar-refractivity contribution is 0.606. The second kappa shape index (κ2) is 7.90. The highest BCUT2D eigenvalue weighted by Crippen LogP contribution is 2.13. The SMILES string of the molecule is CCCc1nc(NCC)cc(NCCC(C)C)n1. The van der Waals surface area contributed by atoms with Gasteiger partial charge in [0.05, 0.1) is 0 Å². The first-order valence-corrected chi connectivity index (χ1v) is 7.01. The van der Waals surface area contributed by atoms with Gasteiger partial charge in [-0.1, -0.05) is 20.8 Å². The van der Waals surface area contributed by atoms with E-state index in [0.29, 0.717) is 5.92 Å². The summed E-state index contributed by atoms with van der Waals surface area (Å²) in [5.74, 6) is 3.48.